The molecule has 42 heavy (non-hydrogen) atoms. The average molecular weight is 580 g/mol. The standard InChI is InChI=1S/C29H24F3N5O5/c30-29(31,32)17-2-1-3-20(14-17)36-16-25(38)37(28(36)40)19-4-6-21(7-5-19)42-24-8-11-33-26-22(24)15-23(35-26)27(39)34-18-9-12-41-13-10-18/h1-8,11,14-15,18H,9-10,12-13,16H2,(H,33,35)(H,34,39). The smallest absolute Gasteiger partial charge is 0.416 e. The minimum absolute atomic E-state index is 0.0281. The van der Waals surface area contributed by atoms with Crippen molar-refractivity contribution in [2.45, 2.75) is 25.1 Å². The van der Waals surface area contributed by atoms with E-state index in [2.05, 4.69) is 15.3 Å². The second kappa shape index (κ2) is 10.8. The Kier molecular flexibility index (Phi) is 7.02. The van der Waals surface area contributed by atoms with E-state index in [4.69, 9.17) is 9.47 Å². The summed E-state index contributed by atoms with van der Waals surface area (Å²) in [5.74, 6) is -0.0252. The minimum atomic E-state index is -4.59. The fraction of sp³-hybridized carbons (Fsp3) is 0.241. The molecule has 216 valence electrons. The zero-order chi connectivity index (χ0) is 29.4. The fourth-order valence-corrected chi connectivity index (χ4v) is 4.92. The molecule has 6 rings (SSSR count). The van der Waals surface area contributed by atoms with Crippen molar-refractivity contribution in [2.75, 3.05) is 29.6 Å². The van der Waals surface area contributed by atoms with Gasteiger partial charge in [-0.25, -0.2) is 14.7 Å². The van der Waals surface area contributed by atoms with Gasteiger partial charge in [0, 0.05) is 31.1 Å². The maximum absolute atomic E-state index is 13.2. The number of pyridine rings is 1. The number of aromatic amines is 1. The van der Waals surface area contributed by atoms with Gasteiger partial charge in [0.25, 0.3) is 11.8 Å². The third-order valence-electron chi connectivity index (χ3n) is 7.07. The number of nitrogens with zero attached hydrogens (tertiary/aromatic N) is 3. The van der Waals surface area contributed by atoms with Gasteiger partial charge in [0.05, 0.1) is 16.6 Å². The number of nitrogens with one attached hydrogen (secondary N) is 2. The van der Waals surface area contributed by atoms with E-state index in [1.165, 1.54) is 30.5 Å². The second-order valence-corrected chi connectivity index (χ2v) is 9.86. The number of benzene rings is 2. The number of alkyl halides is 3. The molecule has 2 saturated heterocycles. The van der Waals surface area contributed by atoms with Crippen molar-refractivity contribution in [3.63, 3.8) is 0 Å². The van der Waals surface area contributed by atoms with Crippen LogP contribution in [0.3, 0.4) is 0 Å². The molecule has 2 aliphatic heterocycles. The Balaban J connectivity index is 1.17. The largest absolute Gasteiger partial charge is 0.457 e. The lowest BCUT2D eigenvalue weighted by atomic mass is 10.1. The average Bonchev–Trinajstić information content (AvgIpc) is 3.55. The summed E-state index contributed by atoms with van der Waals surface area (Å²) in [5, 5.41) is 3.58. The van der Waals surface area contributed by atoms with Crippen LogP contribution in [0.5, 0.6) is 11.5 Å². The van der Waals surface area contributed by atoms with Crippen molar-refractivity contribution in [3.8, 4) is 11.5 Å². The van der Waals surface area contributed by atoms with Crippen LogP contribution in [-0.4, -0.2) is 53.6 Å². The Bertz CT molecular complexity index is 1660. The number of H-pyrrole nitrogens is 1. The number of fused-ring (bicyclic) bond motifs is 1. The van der Waals surface area contributed by atoms with Crippen LogP contribution < -0.4 is 19.9 Å². The second-order valence-electron chi connectivity index (χ2n) is 9.86. The summed E-state index contributed by atoms with van der Waals surface area (Å²) in [7, 11) is 0. The molecule has 0 atom stereocenters. The van der Waals surface area contributed by atoms with Gasteiger partial charge >= 0.3 is 12.2 Å². The van der Waals surface area contributed by atoms with E-state index in [0.717, 1.165) is 34.8 Å². The number of anilines is 2. The van der Waals surface area contributed by atoms with Crippen LogP contribution in [0.2, 0.25) is 0 Å². The molecular weight excluding hydrogens is 555 g/mol. The molecule has 0 aliphatic carbocycles. The SMILES string of the molecule is O=C(NC1CCOCC1)c1cc2c(Oc3ccc(N4C(=O)CN(c5cccc(C(F)(F)F)c5)C4=O)cc3)ccnc2[nH]1. The molecule has 0 spiro atoms. The summed E-state index contributed by atoms with van der Waals surface area (Å²) in [4.78, 5) is 47.7. The molecule has 2 aliphatic rings. The number of hydrogen-bond acceptors (Lipinski definition) is 6. The molecule has 4 aromatic rings. The third kappa shape index (κ3) is 5.38. The lowest BCUT2D eigenvalue weighted by Gasteiger charge is -2.22. The Morgan fingerprint density at radius 3 is 2.52 bits per heavy atom. The summed E-state index contributed by atoms with van der Waals surface area (Å²) >= 11 is 0. The van der Waals surface area contributed by atoms with Gasteiger partial charge in [0.15, 0.2) is 0 Å². The topological polar surface area (TPSA) is 117 Å². The normalized spacial score (nSPS) is 16.4. The molecule has 0 radical (unpaired) electrons. The van der Waals surface area contributed by atoms with Gasteiger partial charge in [-0.1, -0.05) is 6.07 Å². The van der Waals surface area contributed by atoms with Crippen molar-refractivity contribution >= 4 is 40.3 Å². The quantitative estimate of drug-likeness (QED) is 0.301. The highest BCUT2D eigenvalue weighted by molar-refractivity contribution is 6.27. The number of carbonyl (C=O) groups excluding carboxylic acids is 3. The molecule has 4 amide bonds. The number of imide groups is 1. The van der Waals surface area contributed by atoms with E-state index in [-0.39, 0.29) is 23.3 Å². The van der Waals surface area contributed by atoms with Gasteiger partial charge in [-0.3, -0.25) is 14.5 Å². The predicted octanol–water partition coefficient (Wildman–Crippen LogP) is 5.26. The lowest BCUT2D eigenvalue weighted by molar-refractivity contribution is -0.137. The number of rotatable bonds is 6. The highest BCUT2D eigenvalue weighted by Gasteiger charge is 2.39. The summed E-state index contributed by atoms with van der Waals surface area (Å²) in [6.45, 7) is 0.805. The predicted molar refractivity (Wildman–Crippen MR) is 146 cm³/mol. The zero-order valence-electron chi connectivity index (χ0n) is 22.0. The first kappa shape index (κ1) is 27.3. The van der Waals surface area contributed by atoms with E-state index in [1.54, 1.807) is 24.3 Å². The molecule has 0 unspecified atom stereocenters. The first-order chi connectivity index (χ1) is 20.2. The third-order valence-corrected chi connectivity index (χ3v) is 7.07. The summed E-state index contributed by atoms with van der Waals surface area (Å²) < 4.78 is 50.8. The summed E-state index contributed by atoms with van der Waals surface area (Å²) in [5.41, 5.74) is 0.0935. The molecule has 4 heterocycles. The molecule has 0 saturated carbocycles. The highest BCUT2D eigenvalue weighted by Crippen LogP contribution is 2.35. The van der Waals surface area contributed by atoms with Crippen molar-refractivity contribution in [2.24, 2.45) is 0 Å². The van der Waals surface area contributed by atoms with E-state index < -0.39 is 30.2 Å². The van der Waals surface area contributed by atoms with Gasteiger partial charge in [0.2, 0.25) is 0 Å². The van der Waals surface area contributed by atoms with E-state index in [1.807, 2.05) is 0 Å². The van der Waals surface area contributed by atoms with Gasteiger partial charge in [-0.15, -0.1) is 0 Å². The summed E-state index contributed by atoms with van der Waals surface area (Å²) in [6.07, 6.45) is -1.57. The fourth-order valence-electron chi connectivity index (χ4n) is 4.92. The molecule has 10 nitrogen and oxygen atoms in total. The maximum atomic E-state index is 13.2. The van der Waals surface area contributed by atoms with Gasteiger partial charge in [0.1, 0.15) is 29.4 Å². The first-order valence-electron chi connectivity index (χ1n) is 13.1. The Morgan fingerprint density at radius 2 is 1.79 bits per heavy atom. The van der Waals surface area contributed by atoms with E-state index in [9.17, 15) is 27.6 Å². The highest BCUT2D eigenvalue weighted by atomic mass is 19.4. The number of halogens is 3. The van der Waals surface area contributed by atoms with Crippen LogP contribution in [0.1, 0.15) is 28.9 Å². The van der Waals surface area contributed by atoms with Crippen LogP contribution >= 0.6 is 0 Å². The Morgan fingerprint density at radius 1 is 1.02 bits per heavy atom. The van der Waals surface area contributed by atoms with Crippen LogP contribution in [0, 0.1) is 0 Å². The van der Waals surface area contributed by atoms with Crippen molar-refractivity contribution in [3.05, 3.63) is 78.1 Å². The molecule has 2 aromatic carbocycles. The van der Waals surface area contributed by atoms with Gasteiger partial charge in [-0.05, 0) is 67.4 Å². The molecule has 2 N–H and O–H groups in total. The van der Waals surface area contributed by atoms with Gasteiger partial charge in [-0.2, -0.15) is 13.2 Å². The van der Waals surface area contributed by atoms with E-state index in [0.29, 0.717) is 41.4 Å². The number of carbonyl (C=O) groups is 3. The van der Waals surface area contributed by atoms with Crippen molar-refractivity contribution < 1.29 is 37.0 Å². The number of amides is 4. The number of ether oxygens (including phenoxy) is 2. The van der Waals surface area contributed by atoms with E-state index >= 15 is 0 Å². The van der Waals surface area contributed by atoms with Crippen LogP contribution in [0.4, 0.5) is 29.3 Å². The Labute approximate surface area is 237 Å². The van der Waals surface area contributed by atoms with Crippen LogP contribution in [0.15, 0.2) is 66.9 Å². The minimum Gasteiger partial charge on any atom is -0.457 e. The molecule has 13 heteroatoms. The maximum Gasteiger partial charge on any atom is 0.416 e. The molecule has 2 fully saturated rings. The summed E-state index contributed by atoms with van der Waals surface area (Å²) in [6, 6.07) is 13.0. The molecular formula is C29H24F3N5O5. The number of aromatic nitrogens is 2. The number of urea groups is 1. The number of hydrogen-bond donors (Lipinski definition) is 2. The first-order valence-corrected chi connectivity index (χ1v) is 13.1. The van der Waals surface area contributed by atoms with Crippen molar-refractivity contribution in [1.82, 2.24) is 15.3 Å². The molecule has 0 bridgehead atoms. The lowest BCUT2D eigenvalue weighted by Crippen LogP contribution is -2.39. The zero-order valence-corrected chi connectivity index (χ0v) is 22.0. The van der Waals surface area contributed by atoms with Gasteiger partial charge < -0.3 is 19.8 Å². The molecule has 2 aromatic heterocycles. The Hall–Kier alpha value is -4.91. The van der Waals surface area contributed by atoms with Crippen LogP contribution in [0.25, 0.3) is 11.0 Å². The monoisotopic (exact) mass is 579 g/mol. The van der Waals surface area contributed by atoms with Crippen molar-refractivity contribution in [1.29, 1.82) is 0 Å². The van der Waals surface area contributed by atoms with Crippen LogP contribution in [-0.2, 0) is 15.7 Å².